The number of amides is 2. The van der Waals surface area contributed by atoms with Gasteiger partial charge in [-0.15, -0.1) is 0 Å². The standard InChI is InChI=1S/C24H28Cl2F3N3O4S/c1-5-15(2)30-23(34)16(3)31(13-17-9-10-20(25)21(26)11-17)22(33)14-32(37(4,35)36)19-8-6-7-18(12-19)24(27,28)29/h6-12,15-16H,5,13-14H2,1-4H3,(H,30,34)/t15-,16-/m1/s1. The maximum atomic E-state index is 13.5. The van der Waals surface area contributed by atoms with Gasteiger partial charge < -0.3 is 10.2 Å². The second-order valence-corrected chi connectivity index (χ2v) is 11.3. The molecule has 0 saturated carbocycles. The number of benzene rings is 2. The highest BCUT2D eigenvalue weighted by molar-refractivity contribution is 7.92. The Hall–Kier alpha value is -2.50. The Balaban J connectivity index is 2.46. The van der Waals surface area contributed by atoms with Crippen molar-refractivity contribution in [1.29, 1.82) is 0 Å². The first-order valence-corrected chi connectivity index (χ1v) is 13.8. The first kappa shape index (κ1) is 30.7. The van der Waals surface area contributed by atoms with Crippen molar-refractivity contribution in [2.24, 2.45) is 0 Å². The molecule has 0 aromatic heterocycles. The van der Waals surface area contributed by atoms with E-state index in [1.807, 2.05) is 6.92 Å². The molecule has 0 unspecified atom stereocenters. The van der Waals surface area contributed by atoms with Gasteiger partial charge >= 0.3 is 6.18 Å². The summed E-state index contributed by atoms with van der Waals surface area (Å²) in [7, 11) is -4.18. The highest BCUT2D eigenvalue weighted by atomic mass is 35.5. The Morgan fingerprint density at radius 2 is 1.70 bits per heavy atom. The summed E-state index contributed by atoms with van der Waals surface area (Å²) in [5, 5.41) is 3.26. The molecule has 0 bridgehead atoms. The molecule has 2 aromatic carbocycles. The lowest BCUT2D eigenvalue weighted by atomic mass is 10.1. The SMILES string of the molecule is CC[C@@H](C)NC(=O)[C@@H](C)N(Cc1ccc(Cl)c(Cl)c1)C(=O)CN(c1cccc(C(F)(F)F)c1)S(C)(=O)=O. The van der Waals surface area contributed by atoms with Crippen LogP contribution in [0.3, 0.4) is 0 Å². The number of halogens is 5. The predicted octanol–water partition coefficient (Wildman–Crippen LogP) is 5.11. The lowest BCUT2D eigenvalue weighted by molar-refractivity contribution is -0.139. The van der Waals surface area contributed by atoms with Crippen LogP contribution in [0.2, 0.25) is 10.0 Å². The first-order chi connectivity index (χ1) is 17.0. The molecule has 2 aromatic rings. The molecule has 0 heterocycles. The van der Waals surface area contributed by atoms with Crippen molar-refractivity contribution in [3.05, 3.63) is 63.6 Å². The molecule has 204 valence electrons. The summed E-state index contributed by atoms with van der Waals surface area (Å²) >= 11 is 12.1. The van der Waals surface area contributed by atoms with E-state index in [9.17, 15) is 31.2 Å². The number of hydrogen-bond acceptors (Lipinski definition) is 4. The van der Waals surface area contributed by atoms with Crippen molar-refractivity contribution >= 4 is 50.7 Å². The fourth-order valence-corrected chi connectivity index (χ4v) is 4.50. The Kier molecular flexibility index (Phi) is 10.3. The van der Waals surface area contributed by atoms with E-state index in [0.29, 0.717) is 22.4 Å². The lowest BCUT2D eigenvalue weighted by Crippen LogP contribution is -2.52. The van der Waals surface area contributed by atoms with Gasteiger partial charge in [0.1, 0.15) is 12.6 Å². The quantitative estimate of drug-likeness (QED) is 0.422. The van der Waals surface area contributed by atoms with Crippen LogP contribution in [0.25, 0.3) is 0 Å². The summed E-state index contributed by atoms with van der Waals surface area (Å²) in [4.78, 5) is 27.5. The molecule has 0 aliphatic carbocycles. The normalized spacial score (nSPS) is 13.5. The number of carbonyl (C=O) groups excluding carboxylic acids is 2. The molecular weight excluding hydrogens is 554 g/mol. The van der Waals surface area contributed by atoms with Crippen LogP contribution in [-0.2, 0) is 32.3 Å². The Bertz CT molecular complexity index is 1240. The van der Waals surface area contributed by atoms with E-state index in [1.165, 1.54) is 19.1 Å². The number of rotatable bonds is 10. The highest BCUT2D eigenvalue weighted by Gasteiger charge is 2.33. The largest absolute Gasteiger partial charge is 0.416 e. The van der Waals surface area contributed by atoms with Crippen molar-refractivity contribution in [2.75, 3.05) is 17.1 Å². The molecule has 0 aliphatic heterocycles. The molecule has 37 heavy (non-hydrogen) atoms. The number of carbonyl (C=O) groups is 2. The predicted molar refractivity (Wildman–Crippen MR) is 138 cm³/mol. The molecule has 0 fully saturated rings. The van der Waals surface area contributed by atoms with Crippen LogP contribution in [0.1, 0.15) is 38.3 Å². The molecule has 13 heteroatoms. The molecule has 0 radical (unpaired) electrons. The first-order valence-electron chi connectivity index (χ1n) is 11.2. The Morgan fingerprint density at radius 1 is 1.05 bits per heavy atom. The number of sulfonamides is 1. The molecule has 0 saturated heterocycles. The summed E-state index contributed by atoms with van der Waals surface area (Å²) in [6.07, 6.45) is -3.30. The molecular formula is C24H28Cl2F3N3O4S. The molecule has 2 amide bonds. The van der Waals surface area contributed by atoms with Gasteiger partial charge in [-0.1, -0.05) is 42.3 Å². The molecule has 2 rings (SSSR count). The number of anilines is 1. The van der Waals surface area contributed by atoms with Crippen molar-refractivity contribution in [3.63, 3.8) is 0 Å². The third kappa shape index (κ3) is 8.51. The second-order valence-electron chi connectivity index (χ2n) is 8.58. The fourth-order valence-electron chi connectivity index (χ4n) is 3.33. The van der Waals surface area contributed by atoms with E-state index in [4.69, 9.17) is 23.2 Å². The van der Waals surface area contributed by atoms with Crippen LogP contribution in [-0.4, -0.2) is 50.0 Å². The van der Waals surface area contributed by atoms with Crippen LogP contribution < -0.4 is 9.62 Å². The van der Waals surface area contributed by atoms with E-state index >= 15 is 0 Å². The van der Waals surface area contributed by atoms with E-state index < -0.39 is 46.2 Å². The van der Waals surface area contributed by atoms with Gasteiger partial charge in [-0.05, 0) is 56.2 Å². The van der Waals surface area contributed by atoms with Crippen molar-refractivity contribution in [1.82, 2.24) is 10.2 Å². The van der Waals surface area contributed by atoms with Crippen LogP contribution in [0.15, 0.2) is 42.5 Å². The minimum absolute atomic E-state index is 0.134. The molecule has 0 aliphatic rings. The van der Waals surface area contributed by atoms with Gasteiger partial charge in [0.2, 0.25) is 21.8 Å². The van der Waals surface area contributed by atoms with Gasteiger partial charge in [0.05, 0.1) is 27.6 Å². The number of nitrogens with zero attached hydrogens (tertiary/aromatic N) is 2. The highest BCUT2D eigenvalue weighted by Crippen LogP contribution is 2.32. The third-order valence-electron chi connectivity index (χ3n) is 5.65. The molecule has 0 spiro atoms. The van der Waals surface area contributed by atoms with Crippen LogP contribution in [0, 0.1) is 0 Å². The van der Waals surface area contributed by atoms with Crippen LogP contribution in [0.5, 0.6) is 0 Å². The maximum absolute atomic E-state index is 13.5. The van der Waals surface area contributed by atoms with Gasteiger partial charge in [-0.2, -0.15) is 13.2 Å². The molecule has 2 atom stereocenters. The lowest BCUT2D eigenvalue weighted by Gasteiger charge is -2.32. The zero-order chi connectivity index (χ0) is 28.1. The summed E-state index contributed by atoms with van der Waals surface area (Å²) in [6, 6.07) is 7.04. The average Bonchev–Trinajstić information content (AvgIpc) is 2.81. The summed E-state index contributed by atoms with van der Waals surface area (Å²) in [5.41, 5.74) is -0.896. The molecule has 7 nitrogen and oxygen atoms in total. The Labute approximate surface area is 224 Å². The summed E-state index contributed by atoms with van der Waals surface area (Å²) < 4.78 is 65.4. The van der Waals surface area contributed by atoms with Crippen LogP contribution >= 0.6 is 23.2 Å². The van der Waals surface area contributed by atoms with Crippen LogP contribution in [0.4, 0.5) is 18.9 Å². The van der Waals surface area contributed by atoms with E-state index in [-0.39, 0.29) is 28.3 Å². The summed E-state index contributed by atoms with van der Waals surface area (Å²) in [6.45, 7) is 4.16. The van der Waals surface area contributed by atoms with Gasteiger partial charge in [-0.3, -0.25) is 13.9 Å². The number of nitrogens with one attached hydrogen (secondary N) is 1. The average molecular weight is 582 g/mol. The minimum Gasteiger partial charge on any atom is -0.352 e. The number of alkyl halides is 3. The fraction of sp³-hybridized carbons (Fsp3) is 0.417. The van der Waals surface area contributed by atoms with Crippen molar-refractivity contribution in [2.45, 2.75) is 52.0 Å². The Morgan fingerprint density at radius 3 is 2.24 bits per heavy atom. The van der Waals surface area contributed by atoms with Crippen molar-refractivity contribution in [3.8, 4) is 0 Å². The smallest absolute Gasteiger partial charge is 0.352 e. The number of hydrogen-bond donors (Lipinski definition) is 1. The van der Waals surface area contributed by atoms with Gasteiger partial charge in [0, 0.05) is 12.6 Å². The maximum Gasteiger partial charge on any atom is 0.416 e. The zero-order valence-electron chi connectivity index (χ0n) is 20.6. The monoisotopic (exact) mass is 581 g/mol. The van der Waals surface area contributed by atoms with Gasteiger partial charge in [0.25, 0.3) is 0 Å². The molecule has 1 N–H and O–H groups in total. The van der Waals surface area contributed by atoms with Gasteiger partial charge in [-0.25, -0.2) is 8.42 Å². The van der Waals surface area contributed by atoms with E-state index in [2.05, 4.69) is 5.32 Å². The summed E-state index contributed by atoms with van der Waals surface area (Å²) in [5.74, 6) is -1.28. The zero-order valence-corrected chi connectivity index (χ0v) is 23.0. The second kappa shape index (κ2) is 12.4. The van der Waals surface area contributed by atoms with Crippen molar-refractivity contribution < 1.29 is 31.2 Å². The topological polar surface area (TPSA) is 86.8 Å². The van der Waals surface area contributed by atoms with E-state index in [0.717, 1.165) is 29.4 Å². The van der Waals surface area contributed by atoms with E-state index in [1.54, 1.807) is 13.0 Å². The van der Waals surface area contributed by atoms with Gasteiger partial charge in [0.15, 0.2) is 0 Å². The third-order valence-corrected chi connectivity index (χ3v) is 7.53. The minimum atomic E-state index is -4.72.